The lowest BCUT2D eigenvalue weighted by molar-refractivity contribution is -0.139. The highest BCUT2D eigenvalue weighted by atomic mass is 16.5. The van der Waals surface area contributed by atoms with Gasteiger partial charge >= 0.3 is 5.97 Å². The van der Waals surface area contributed by atoms with Crippen LogP contribution in [0, 0.1) is 13.8 Å². The normalized spacial score (nSPS) is 10.1. The van der Waals surface area contributed by atoms with E-state index >= 15 is 0 Å². The van der Waals surface area contributed by atoms with Gasteiger partial charge in [0.05, 0.1) is 13.5 Å². The summed E-state index contributed by atoms with van der Waals surface area (Å²) < 4.78 is 4.71. The average Bonchev–Trinajstić information content (AvgIpc) is 2.30. The first-order chi connectivity index (χ1) is 8.08. The Bertz CT molecular complexity index is 396. The summed E-state index contributed by atoms with van der Waals surface area (Å²) in [5.41, 5.74) is 4.71. The van der Waals surface area contributed by atoms with Gasteiger partial charge in [0.2, 0.25) is 0 Å². The highest BCUT2D eigenvalue weighted by molar-refractivity contribution is 5.73. The fourth-order valence-electron chi connectivity index (χ4n) is 1.99. The fraction of sp³-hybridized carbons (Fsp3) is 0.400. The maximum absolute atomic E-state index is 11.3. The smallest absolute Gasteiger partial charge is 0.309 e. The summed E-state index contributed by atoms with van der Waals surface area (Å²) in [5, 5.41) is 0. The van der Waals surface area contributed by atoms with E-state index in [1.165, 1.54) is 12.7 Å². The van der Waals surface area contributed by atoms with Gasteiger partial charge in [-0.15, -0.1) is 6.58 Å². The van der Waals surface area contributed by atoms with E-state index in [2.05, 4.69) is 18.7 Å². The Morgan fingerprint density at radius 1 is 1.35 bits per heavy atom. The quantitative estimate of drug-likeness (QED) is 0.576. The molecule has 0 aliphatic heterocycles. The van der Waals surface area contributed by atoms with Crippen LogP contribution in [-0.2, 0) is 22.4 Å². The predicted molar refractivity (Wildman–Crippen MR) is 70.2 cm³/mol. The summed E-state index contributed by atoms with van der Waals surface area (Å²) >= 11 is 0. The summed E-state index contributed by atoms with van der Waals surface area (Å²) in [4.78, 5) is 11.3. The summed E-state index contributed by atoms with van der Waals surface area (Å²) in [7, 11) is 1.42. The largest absolute Gasteiger partial charge is 0.469 e. The Morgan fingerprint density at radius 2 is 1.94 bits per heavy atom. The molecular weight excluding hydrogens is 212 g/mol. The molecule has 0 unspecified atom stereocenters. The second-order valence-corrected chi connectivity index (χ2v) is 4.29. The second-order valence-electron chi connectivity index (χ2n) is 4.29. The molecule has 0 amide bonds. The number of hydrogen-bond donors (Lipinski definition) is 0. The molecule has 0 heterocycles. The Labute approximate surface area is 103 Å². The second kappa shape index (κ2) is 6.24. The molecule has 0 fully saturated rings. The zero-order valence-corrected chi connectivity index (χ0v) is 10.9. The van der Waals surface area contributed by atoms with Crippen LogP contribution >= 0.6 is 0 Å². The molecule has 2 nitrogen and oxygen atoms in total. The Balaban J connectivity index is 2.93. The summed E-state index contributed by atoms with van der Waals surface area (Å²) in [6.45, 7) is 7.82. The van der Waals surface area contributed by atoms with Gasteiger partial charge in [-0.05, 0) is 48.9 Å². The van der Waals surface area contributed by atoms with E-state index in [0.29, 0.717) is 6.42 Å². The van der Waals surface area contributed by atoms with Crippen LogP contribution < -0.4 is 0 Å². The molecule has 0 saturated heterocycles. The van der Waals surface area contributed by atoms with Crippen molar-refractivity contribution >= 4 is 5.97 Å². The molecule has 0 N–H and O–H groups in total. The number of aryl methyl sites for hydroxylation is 3. The average molecular weight is 232 g/mol. The van der Waals surface area contributed by atoms with Crippen molar-refractivity contribution in [3.8, 4) is 0 Å². The van der Waals surface area contributed by atoms with Crippen LogP contribution in [0.15, 0.2) is 24.8 Å². The van der Waals surface area contributed by atoms with Gasteiger partial charge in [-0.1, -0.05) is 18.2 Å². The van der Waals surface area contributed by atoms with Crippen LogP contribution in [0.4, 0.5) is 0 Å². The summed E-state index contributed by atoms with van der Waals surface area (Å²) in [6, 6.07) is 4.30. The third kappa shape index (κ3) is 3.74. The Morgan fingerprint density at radius 3 is 2.41 bits per heavy atom. The van der Waals surface area contributed by atoms with E-state index in [1.807, 2.05) is 19.9 Å². The maximum Gasteiger partial charge on any atom is 0.309 e. The Kier molecular flexibility index (Phi) is 4.95. The highest BCUT2D eigenvalue weighted by Crippen LogP contribution is 2.19. The number of esters is 1. The monoisotopic (exact) mass is 232 g/mol. The van der Waals surface area contributed by atoms with Crippen molar-refractivity contribution in [1.82, 2.24) is 0 Å². The van der Waals surface area contributed by atoms with Gasteiger partial charge in [-0.25, -0.2) is 0 Å². The van der Waals surface area contributed by atoms with Gasteiger partial charge in [0.25, 0.3) is 0 Å². The minimum atomic E-state index is -0.185. The number of allylic oxidation sites excluding steroid dienone is 1. The van der Waals surface area contributed by atoms with Crippen LogP contribution in [0.3, 0.4) is 0 Å². The van der Waals surface area contributed by atoms with E-state index < -0.39 is 0 Å². The number of rotatable bonds is 5. The lowest BCUT2D eigenvalue weighted by atomic mass is 9.95. The SMILES string of the molecule is C=CCCc1cc(C)c(CC(=O)OC)c(C)c1. The maximum atomic E-state index is 11.3. The van der Waals surface area contributed by atoms with E-state index in [4.69, 9.17) is 4.74 Å². The first kappa shape index (κ1) is 13.5. The molecule has 2 heteroatoms. The van der Waals surface area contributed by atoms with Crippen molar-refractivity contribution in [1.29, 1.82) is 0 Å². The third-order valence-electron chi connectivity index (χ3n) is 2.94. The topological polar surface area (TPSA) is 26.3 Å². The number of methoxy groups -OCH3 is 1. The molecule has 0 saturated carbocycles. The standard InChI is InChI=1S/C15H20O2/c1-5-6-7-13-8-11(2)14(12(3)9-13)10-15(16)17-4/h5,8-9H,1,6-7,10H2,2-4H3. The van der Waals surface area contributed by atoms with Crippen molar-refractivity contribution < 1.29 is 9.53 Å². The molecule has 92 valence electrons. The molecule has 0 aromatic heterocycles. The van der Waals surface area contributed by atoms with Crippen LogP contribution in [0.2, 0.25) is 0 Å². The summed E-state index contributed by atoms with van der Waals surface area (Å²) in [6.07, 6.45) is 4.27. The van der Waals surface area contributed by atoms with Gasteiger partial charge in [0, 0.05) is 0 Å². The van der Waals surface area contributed by atoms with E-state index in [9.17, 15) is 4.79 Å². The van der Waals surface area contributed by atoms with Crippen LogP contribution in [0.1, 0.15) is 28.7 Å². The molecule has 0 radical (unpaired) electrons. The molecular formula is C15H20O2. The Hall–Kier alpha value is -1.57. The molecule has 17 heavy (non-hydrogen) atoms. The van der Waals surface area contributed by atoms with Crippen molar-refractivity contribution in [3.63, 3.8) is 0 Å². The lowest BCUT2D eigenvalue weighted by Gasteiger charge is -2.11. The molecule has 1 aromatic carbocycles. The predicted octanol–water partition coefficient (Wildman–Crippen LogP) is 3.14. The van der Waals surface area contributed by atoms with Gasteiger partial charge in [-0.3, -0.25) is 4.79 Å². The minimum Gasteiger partial charge on any atom is -0.469 e. The number of ether oxygens (including phenoxy) is 1. The van der Waals surface area contributed by atoms with Crippen molar-refractivity contribution in [2.75, 3.05) is 7.11 Å². The molecule has 0 atom stereocenters. The number of benzene rings is 1. The van der Waals surface area contributed by atoms with E-state index in [0.717, 1.165) is 29.5 Å². The number of hydrogen-bond acceptors (Lipinski definition) is 2. The van der Waals surface area contributed by atoms with E-state index in [1.54, 1.807) is 0 Å². The van der Waals surface area contributed by atoms with Gasteiger partial charge < -0.3 is 4.74 Å². The zero-order chi connectivity index (χ0) is 12.8. The van der Waals surface area contributed by atoms with E-state index in [-0.39, 0.29) is 5.97 Å². The third-order valence-corrected chi connectivity index (χ3v) is 2.94. The van der Waals surface area contributed by atoms with Crippen LogP contribution in [0.25, 0.3) is 0 Å². The van der Waals surface area contributed by atoms with Crippen LogP contribution in [0.5, 0.6) is 0 Å². The summed E-state index contributed by atoms with van der Waals surface area (Å²) in [5.74, 6) is -0.185. The molecule has 1 aromatic rings. The number of carbonyl (C=O) groups is 1. The molecule has 0 aliphatic rings. The molecule has 0 aliphatic carbocycles. The van der Waals surface area contributed by atoms with Crippen molar-refractivity contribution in [3.05, 3.63) is 47.0 Å². The van der Waals surface area contributed by atoms with Gasteiger partial charge in [0.15, 0.2) is 0 Å². The first-order valence-corrected chi connectivity index (χ1v) is 5.85. The van der Waals surface area contributed by atoms with Crippen molar-refractivity contribution in [2.45, 2.75) is 33.1 Å². The first-order valence-electron chi connectivity index (χ1n) is 5.85. The highest BCUT2D eigenvalue weighted by Gasteiger charge is 2.09. The zero-order valence-electron chi connectivity index (χ0n) is 10.9. The number of carbonyl (C=O) groups excluding carboxylic acids is 1. The van der Waals surface area contributed by atoms with Crippen molar-refractivity contribution in [2.24, 2.45) is 0 Å². The molecule has 0 spiro atoms. The minimum absolute atomic E-state index is 0.185. The van der Waals surface area contributed by atoms with Gasteiger partial charge in [0.1, 0.15) is 0 Å². The lowest BCUT2D eigenvalue weighted by Crippen LogP contribution is -2.08. The molecule has 1 rings (SSSR count). The fourth-order valence-corrected chi connectivity index (χ4v) is 1.99. The van der Waals surface area contributed by atoms with Gasteiger partial charge in [-0.2, -0.15) is 0 Å². The van der Waals surface area contributed by atoms with Crippen LogP contribution in [-0.4, -0.2) is 13.1 Å². The molecule has 0 bridgehead atoms.